The SMILES string of the molecule is CC1(C)S[C@@H]2[C@H](NC(=O)[C@H](N)c3ccccc3)C(=O)N2[C@H]1C(=O)O.O=C(O)c1ccccc1O. The zero-order valence-corrected chi connectivity index (χ0v) is 19.2. The van der Waals surface area contributed by atoms with Gasteiger partial charge >= 0.3 is 11.9 Å². The van der Waals surface area contributed by atoms with E-state index < -0.39 is 40.7 Å². The standard InChI is InChI=1S/C16H19N3O4S.C7H6O3/c1-16(2)11(15(22)23)19-13(21)10(14(19)24-16)18-12(20)9(17)8-6-4-3-5-7-8;8-6-4-2-1-3-5(6)7(9)10/h3-7,9-11,14H,17H2,1-2H3,(H,18,20)(H,22,23);1-4,8H,(H,9,10)/t9-,10-,11+,14-;/m1./s1. The first kappa shape index (κ1) is 25.1. The van der Waals surface area contributed by atoms with Crippen molar-refractivity contribution in [3.8, 4) is 5.75 Å². The summed E-state index contributed by atoms with van der Waals surface area (Å²) in [4.78, 5) is 47.7. The number of β-lactam (4-membered cyclic amide) rings is 1. The van der Waals surface area contributed by atoms with Crippen molar-refractivity contribution in [3.05, 3.63) is 65.7 Å². The fraction of sp³-hybridized carbons (Fsp3) is 0.304. The number of carboxylic acids is 2. The van der Waals surface area contributed by atoms with E-state index in [1.54, 1.807) is 50.2 Å². The molecule has 2 fully saturated rings. The molecule has 0 radical (unpaired) electrons. The van der Waals surface area contributed by atoms with Crippen LogP contribution in [0.2, 0.25) is 0 Å². The number of fused-ring (bicyclic) bond motifs is 1. The number of rotatable bonds is 5. The number of carbonyl (C=O) groups excluding carboxylic acids is 2. The minimum atomic E-state index is -1.11. The maximum atomic E-state index is 12.3. The second-order valence-corrected chi connectivity index (χ2v) is 10.1. The van der Waals surface area contributed by atoms with E-state index >= 15 is 0 Å². The van der Waals surface area contributed by atoms with Gasteiger partial charge in [-0.1, -0.05) is 42.5 Å². The van der Waals surface area contributed by atoms with E-state index in [4.69, 9.17) is 15.9 Å². The molecule has 0 aliphatic carbocycles. The number of hydrogen-bond acceptors (Lipinski definition) is 7. The predicted molar refractivity (Wildman–Crippen MR) is 124 cm³/mol. The van der Waals surface area contributed by atoms with E-state index in [2.05, 4.69) is 5.32 Å². The molecule has 2 saturated heterocycles. The smallest absolute Gasteiger partial charge is 0.339 e. The van der Waals surface area contributed by atoms with Gasteiger partial charge < -0.3 is 31.3 Å². The van der Waals surface area contributed by atoms with Crippen LogP contribution in [-0.4, -0.2) is 66.2 Å². The molecule has 2 aromatic rings. The van der Waals surface area contributed by atoms with Gasteiger partial charge in [0.2, 0.25) is 11.8 Å². The van der Waals surface area contributed by atoms with Crippen molar-refractivity contribution in [2.75, 3.05) is 0 Å². The number of aromatic carboxylic acids is 1. The van der Waals surface area contributed by atoms with Crippen LogP contribution < -0.4 is 11.1 Å². The summed E-state index contributed by atoms with van der Waals surface area (Å²) in [7, 11) is 0. The average molecular weight is 488 g/mol. The number of phenols is 1. The maximum Gasteiger partial charge on any atom is 0.339 e. The summed E-state index contributed by atoms with van der Waals surface area (Å²) in [5.74, 6) is -3.17. The number of amides is 2. The van der Waals surface area contributed by atoms with Gasteiger partial charge in [0.05, 0.1) is 0 Å². The lowest BCUT2D eigenvalue weighted by Gasteiger charge is -2.43. The Morgan fingerprint density at radius 2 is 1.65 bits per heavy atom. The molecule has 180 valence electrons. The second kappa shape index (κ2) is 9.74. The molecule has 34 heavy (non-hydrogen) atoms. The van der Waals surface area contributed by atoms with Crippen LogP contribution in [0.4, 0.5) is 0 Å². The highest BCUT2D eigenvalue weighted by Gasteiger charge is 2.64. The first-order valence-corrected chi connectivity index (χ1v) is 11.2. The van der Waals surface area contributed by atoms with Crippen molar-refractivity contribution in [2.45, 2.75) is 42.1 Å². The molecule has 0 aromatic heterocycles. The van der Waals surface area contributed by atoms with E-state index in [1.807, 2.05) is 6.07 Å². The minimum Gasteiger partial charge on any atom is -0.507 e. The number of benzene rings is 2. The van der Waals surface area contributed by atoms with Gasteiger partial charge in [0.25, 0.3) is 0 Å². The normalized spacial score (nSPS) is 23.0. The van der Waals surface area contributed by atoms with Crippen LogP contribution in [-0.2, 0) is 14.4 Å². The van der Waals surface area contributed by atoms with Gasteiger partial charge in [-0.15, -0.1) is 11.8 Å². The van der Waals surface area contributed by atoms with Crippen LogP contribution in [0.3, 0.4) is 0 Å². The molecule has 0 bridgehead atoms. The van der Waals surface area contributed by atoms with Crippen molar-refractivity contribution in [2.24, 2.45) is 5.73 Å². The summed E-state index contributed by atoms with van der Waals surface area (Å²) < 4.78 is -0.618. The van der Waals surface area contributed by atoms with Gasteiger partial charge in [-0.25, -0.2) is 9.59 Å². The summed E-state index contributed by atoms with van der Waals surface area (Å²) in [5.41, 5.74) is 6.53. The van der Waals surface area contributed by atoms with Crippen molar-refractivity contribution < 1.29 is 34.5 Å². The summed E-state index contributed by atoms with van der Waals surface area (Å²) >= 11 is 1.38. The number of carboxylic acid groups (broad SMARTS) is 2. The van der Waals surface area contributed by atoms with Crippen molar-refractivity contribution in [3.63, 3.8) is 0 Å². The lowest BCUT2D eigenvalue weighted by atomic mass is 9.95. The first-order chi connectivity index (χ1) is 16.0. The fourth-order valence-corrected chi connectivity index (χ4v) is 5.48. The third kappa shape index (κ3) is 4.85. The number of hydrogen-bond donors (Lipinski definition) is 5. The monoisotopic (exact) mass is 487 g/mol. The summed E-state index contributed by atoms with van der Waals surface area (Å²) in [6.07, 6.45) is 0. The molecule has 0 spiro atoms. The number of carbonyl (C=O) groups is 4. The Hall–Kier alpha value is -3.57. The van der Waals surface area contributed by atoms with Crippen LogP contribution in [0, 0.1) is 0 Å². The fourth-order valence-electron chi connectivity index (χ4n) is 3.85. The highest BCUT2D eigenvalue weighted by atomic mass is 32.2. The quantitative estimate of drug-likeness (QED) is 0.391. The lowest BCUT2D eigenvalue weighted by Crippen LogP contribution is -2.71. The second-order valence-electron chi connectivity index (χ2n) is 8.30. The molecular weight excluding hydrogens is 462 g/mol. The number of nitrogens with two attached hydrogens (primary N) is 1. The largest absolute Gasteiger partial charge is 0.507 e. The van der Waals surface area contributed by atoms with Crippen LogP contribution in [0.25, 0.3) is 0 Å². The van der Waals surface area contributed by atoms with Gasteiger partial charge in [-0.05, 0) is 31.5 Å². The van der Waals surface area contributed by atoms with Crippen molar-refractivity contribution in [1.29, 1.82) is 0 Å². The maximum absolute atomic E-state index is 12.3. The van der Waals surface area contributed by atoms with Crippen LogP contribution >= 0.6 is 11.8 Å². The number of nitrogens with zero attached hydrogens (tertiary/aromatic N) is 1. The van der Waals surface area contributed by atoms with Gasteiger partial charge in [0.1, 0.15) is 34.8 Å². The molecule has 2 amide bonds. The number of aliphatic carboxylic acids is 1. The zero-order chi connectivity index (χ0) is 25.2. The van der Waals surface area contributed by atoms with Crippen molar-refractivity contribution >= 4 is 35.5 Å². The van der Waals surface area contributed by atoms with E-state index in [9.17, 15) is 24.3 Å². The molecule has 4 rings (SSSR count). The molecule has 10 nitrogen and oxygen atoms in total. The molecular formula is C23H25N3O7S. The Balaban J connectivity index is 0.000000271. The zero-order valence-electron chi connectivity index (χ0n) is 18.4. The number of nitrogens with one attached hydrogen (secondary N) is 1. The van der Waals surface area contributed by atoms with Gasteiger partial charge in [-0.2, -0.15) is 0 Å². The Morgan fingerprint density at radius 1 is 1.06 bits per heavy atom. The molecule has 2 aromatic carbocycles. The topological polar surface area (TPSA) is 170 Å². The predicted octanol–water partition coefficient (Wildman–Crippen LogP) is 1.41. The Kier molecular flexibility index (Phi) is 7.18. The Labute approximate surface area is 199 Å². The first-order valence-electron chi connectivity index (χ1n) is 10.3. The molecule has 11 heteroatoms. The van der Waals surface area contributed by atoms with Gasteiger partial charge in [0.15, 0.2) is 0 Å². The number of thioether (sulfide) groups is 1. The van der Waals surface area contributed by atoms with E-state index in [1.165, 1.54) is 28.8 Å². The molecule has 2 aliphatic rings. The molecule has 0 saturated carbocycles. The molecule has 4 atom stereocenters. The van der Waals surface area contributed by atoms with Gasteiger partial charge in [-0.3, -0.25) is 9.59 Å². The van der Waals surface area contributed by atoms with E-state index in [0.29, 0.717) is 5.56 Å². The third-order valence-electron chi connectivity index (χ3n) is 5.55. The number of para-hydroxylation sites is 1. The molecule has 6 N–H and O–H groups in total. The van der Waals surface area contributed by atoms with Crippen LogP contribution in [0.1, 0.15) is 35.8 Å². The highest BCUT2D eigenvalue weighted by Crippen LogP contribution is 2.50. The summed E-state index contributed by atoms with van der Waals surface area (Å²) in [6, 6.07) is 12.2. The third-order valence-corrected chi connectivity index (χ3v) is 7.12. The number of aromatic hydroxyl groups is 1. The Bertz CT molecular complexity index is 1110. The molecule has 2 aliphatic heterocycles. The van der Waals surface area contributed by atoms with Gasteiger partial charge in [0, 0.05) is 4.75 Å². The van der Waals surface area contributed by atoms with Crippen LogP contribution in [0.5, 0.6) is 5.75 Å². The van der Waals surface area contributed by atoms with E-state index in [-0.39, 0.29) is 22.6 Å². The molecule has 2 heterocycles. The Morgan fingerprint density at radius 3 is 2.18 bits per heavy atom. The summed E-state index contributed by atoms with van der Waals surface area (Å²) in [6.45, 7) is 3.58. The highest BCUT2D eigenvalue weighted by molar-refractivity contribution is 8.01. The molecule has 0 unspecified atom stereocenters. The van der Waals surface area contributed by atoms with Crippen LogP contribution in [0.15, 0.2) is 54.6 Å². The van der Waals surface area contributed by atoms with Crippen molar-refractivity contribution in [1.82, 2.24) is 10.2 Å². The average Bonchev–Trinajstić information content (AvgIpc) is 3.05. The minimum absolute atomic E-state index is 0.0671. The van der Waals surface area contributed by atoms with E-state index in [0.717, 1.165) is 0 Å². The summed E-state index contributed by atoms with van der Waals surface area (Å²) in [5, 5.41) is 29.0. The lowest BCUT2D eigenvalue weighted by molar-refractivity contribution is -0.161.